The van der Waals surface area contributed by atoms with Gasteiger partial charge in [0.05, 0.1) is 5.56 Å². The Hall–Kier alpha value is -1.66. The Morgan fingerprint density at radius 2 is 1.84 bits per heavy atom. The third-order valence-electron chi connectivity index (χ3n) is 4.40. The Morgan fingerprint density at radius 3 is 2.52 bits per heavy atom. The van der Waals surface area contributed by atoms with Crippen molar-refractivity contribution in [1.82, 2.24) is 5.32 Å². The van der Waals surface area contributed by atoms with Gasteiger partial charge in [0, 0.05) is 36.3 Å². The Morgan fingerprint density at radius 1 is 1.12 bits per heavy atom. The molecule has 0 aliphatic carbocycles. The summed E-state index contributed by atoms with van der Waals surface area (Å²) in [7, 11) is 0. The van der Waals surface area contributed by atoms with E-state index >= 15 is 0 Å². The number of fused-ring (bicyclic) bond motifs is 1. The third kappa shape index (κ3) is 4.30. The van der Waals surface area contributed by atoms with Gasteiger partial charge >= 0.3 is 6.18 Å². The summed E-state index contributed by atoms with van der Waals surface area (Å²) in [6, 6.07) is 13.8. The van der Waals surface area contributed by atoms with Crippen LogP contribution in [-0.2, 0) is 12.6 Å². The molecule has 0 amide bonds. The predicted octanol–water partition coefficient (Wildman–Crippen LogP) is 4.72. The number of benzene rings is 2. The first-order valence-corrected chi connectivity index (χ1v) is 9.63. The fourth-order valence-electron chi connectivity index (χ4n) is 3.17. The highest BCUT2D eigenvalue weighted by Gasteiger charge is 2.31. The lowest BCUT2D eigenvalue weighted by Crippen LogP contribution is -2.45. The van der Waals surface area contributed by atoms with Crippen molar-refractivity contribution < 1.29 is 13.2 Å². The van der Waals surface area contributed by atoms with Gasteiger partial charge in [0.15, 0.2) is 0 Å². The summed E-state index contributed by atoms with van der Waals surface area (Å²) >= 11 is 1.79. The molecule has 0 fully saturated rings. The normalized spacial score (nSPS) is 17.4. The molecule has 6 heteroatoms. The van der Waals surface area contributed by atoms with E-state index in [1.165, 1.54) is 5.56 Å². The quantitative estimate of drug-likeness (QED) is 0.771. The molecule has 1 atom stereocenters. The van der Waals surface area contributed by atoms with Crippen molar-refractivity contribution in [1.29, 1.82) is 0 Å². The molecule has 0 bridgehead atoms. The Kier molecular flexibility index (Phi) is 5.59. The molecule has 0 radical (unpaired) electrons. The van der Waals surface area contributed by atoms with Gasteiger partial charge in [-0.2, -0.15) is 24.9 Å². The van der Waals surface area contributed by atoms with Crippen LogP contribution < -0.4 is 10.2 Å². The lowest BCUT2D eigenvalue weighted by Gasteiger charge is -2.36. The van der Waals surface area contributed by atoms with E-state index in [9.17, 15) is 13.2 Å². The van der Waals surface area contributed by atoms with Gasteiger partial charge in [-0.25, -0.2) is 0 Å². The zero-order valence-electron chi connectivity index (χ0n) is 14.0. The van der Waals surface area contributed by atoms with E-state index in [1.54, 1.807) is 23.9 Å². The highest BCUT2D eigenvalue weighted by atomic mass is 32.2. The largest absolute Gasteiger partial charge is 0.416 e. The van der Waals surface area contributed by atoms with Crippen LogP contribution in [0.1, 0.15) is 11.1 Å². The first-order chi connectivity index (χ1) is 12.0. The number of para-hydroxylation sites is 1. The van der Waals surface area contributed by atoms with Crippen LogP contribution in [0.25, 0.3) is 0 Å². The molecule has 0 saturated heterocycles. The Labute approximate surface area is 150 Å². The highest BCUT2D eigenvalue weighted by molar-refractivity contribution is 7.98. The maximum atomic E-state index is 12.8. The van der Waals surface area contributed by atoms with Crippen molar-refractivity contribution >= 4 is 23.1 Å². The zero-order valence-corrected chi connectivity index (χ0v) is 14.8. The minimum atomic E-state index is -4.31. The summed E-state index contributed by atoms with van der Waals surface area (Å²) in [6.45, 7) is 1.67. The van der Waals surface area contributed by atoms with Gasteiger partial charge in [-0.3, -0.25) is 0 Å². The number of hydrogen-bond acceptors (Lipinski definition) is 3. The number of anilines is 2. The Balaban J connectivity index is 1.85. The molecule has 0 spiro atoms. The fourth-order valence-corrected chi connectivity index (χ4v) is 3.49. The van der Waals surface area contributed by atoms with Gasteiger partial charge in [0.25, 0.3) is 0 Å². The minimum Gasteiger partial charge on any atom is -0.340 e. The minimum absolute atomic E-state index is 0.282. The summed E-state index contributed by atoms with van der Waals surface area (Å²) in [5.74, 6) is 1.04. The summed E-state index contributed by atoms with van der Waals surface area (Å²) in [6.07, 6.45) is -1.30. The van der Waals surface area contributed by atoms with E-state index in [-0.39, 0.29) is 6.04 Å². The molecule has 25 heavy (non-hydrogen) atoms. The van der Waals surface area contributed by atoms with E-state index in [1.807, 2.05) is 18.2 Å². The number of halogens is 3. The van der Waals surface area contributed by atoms with Crippen LogP contribution >= 0.6 is 11.8 Å². The molecule has 1 aliphatic rings. The average molecular weight is 366 g/mol. The van der Waals surface area contributed by atoms with Crippen LogP contribution in [0.2, 0.25) is 0 Å². The maximum absolute atomic E-state index is 12.8. The summed E-state index contributed by atoms with van der Waals surface area (Å²) < 4.78 is 38.4. The maximum Gasteiger partial charge on any atom is 0.416 e. The van der Waals surface area contributed by atoms with Gasteiger partial charge < -0.3 is 10.2 Å². The fraction of sp³-hybridized carbons (Fsp3) is 0.368. The lowest BCUT2D eigenvalue weighted by atomic mass is 9.97. The number of hydrogen-bond donors (Lipinski definition) is 1. The highest BCUT2D eigenvalue weighted by Crippen LogP contribution is 2.35. The molecule has 2 aromatic rings. The molecular formula is C19H21F3N2S. The van der Waals surface area contributed by atoms with Crippen molar-refractivity contribution in [2.75, 3.05) is 30.0 Å². The van der Waals surface area contributed by atoms with Gasteiger partial charge in [-0.05, 0) is 48.6 Å². The molecule has 0 aromatic heterocycles. The van der Waals surface area contributed by atoms with Gasteiger partial charge in [-0.1, -0.05) is 18.2 Å². The number of rotatable bonds is 5. The van der Waals surface area contributed by atoms with Crippen molar-refractivity contribution in [3.63, 3.8) is 0 Å². The van der Waals surface area contributed by atoms with E-state index in [0.717, 1.165) is 48.8 Å². The van der Waals surface area contributed by atoms with Crippen LogP contribution in [0.15, 0.2) is 48.5 Å². The van der Waals surface area contributed by atoms with Crippen molar-refractivity contribution in [3.05, 3.63) is 59.7 Å². The molecule has 134 valence electrons. The number of nitrogens with zero attached hydrogens (tertiary/aromatic N) is 1. The van der Waals surface area contributed by atoms with Gasteiger partial charge in [0.1, 0.15) is 0 Å². The summed E-state index contributed by atoms with van der Waals surface area (Å²) in [4.78, 5) is 2.11. The van der Waals surface area contributed by atoms with Crippen LogP contribution in [0.4, 0.5) is 24.5 Å². The molecular weight excluding hydrogens is 345 g/mol. The molecule has 1 heterocycles. The van der Waals surface area contributed by atoms with Gasteiger partial charge in [-0.15, -0.1) is 0 Å². The number of nitrogens with one attached hydrogen (secondary N) is 1. The van der Waals surface area contributed by atoms with E-state index in [0.29, 0.717) is 0 Å². The average Bonchev–Trinajstić information content (AvgIpc) is 2.61. The first kappa shape index (κ1) is 18.1. The molecule has 1 N–H and O–H groups in total. The van der Waals surface area contributed by atoms with E-state index in [2.05, 4.69) is 22.5 Å². The molecule has 1 aliphatic heterocycles. The lowest BCUT2D eigenvalue weighted by molar-refractivity contribution is -0.137. The second-order valence-corrected chi connectivity index (χ2v) is 7.12. The van der Waals surface area contributed by atoms with Crippen molar-refractivity contribution in [3.8, 4) is 0 Å². The van der Waals surface area contributed by atoms with E-state index < -0.39 is 11.7 Å². The monoisotopic (exact) mass is 366 g/mol. The predicted molar refractivity (Wildman–Crippen MR) is 98.8 cm³/mol. The molecule has 0 saturated carbocycles. The number of alkyl halides is 3. The topological polar surface area (TPSA) is 15.3 Å². The smallest absolute Gasteiger partial charge is 0.340 e. The molecule has 3 rings (SSSR count). The standard InChI is InChI=1S/C19H21F3N2S/c1-25-11-10-23-16-12-14-4-2-3-5-18(14)24(13-16)17-8-6-15(7-9-17)19(20,21)22/h2-9,16,23H,10-13H2,1H3. The van der Waals surface area contributed by atoms with E-state index in [4.69, 9.17) is 0 Å². The molecule has 1 unspecified atom stereocenters. The van der Waals surface area contributed by atoms with Crippen molar-refractivity contribution in [2.45, 2.75) is 18.6 Å². The second-order valence-electron chi connectivity index (χ2n) is 6.13. The van der Waals surface area contributed by atoms with Crippen LogP contribution in [0.3, 0.4) is 0 Å². The second kappa shape index (κ2) is 7.70. The number of thioether (sulfide) groups is 1. The molecule has 2 aromatic carbocycles. The van der Waals surface area contributed by atoms with Crippen LogP contribution in [0.5, 0.6) is 0 Å². The molecule has 2 nitrogen and oxygen atoms in total. The summed E-state index contributed by atoms with van der Waals surface area (Å²) in [5, 5.41) is 3.56. The van der Waals surface area contributed by atoms with Crippen LogP contribution in [-0.4, -0.2) is 31.1 Å². The van der Waals surface area contributed by atoms with Crippen molar-refractivity contribution in [2.24, 2.45) is 0 Å². The first-order valence-electron chi connectivity index (χ1n) is 8.24. The summed E-state index contributed by atoms with van der Waals surface area (Å²) in [5.41, 5.74) is 2.47. The SMILES string of the molecule is CSCCNC1Cc2ccccc2N(c2ccc(C(F)(F)F)cc2)C1. The Bertz CT molecular complexity index is 701. The zero-order chi connectivity index (χ0) is 17.9. The van der Waals surface area contributed by atoms with Crippen LogP contribution in [0, 0.1) is 0 Å². The van der Waals surface area contributed by atoms with Gasteiger partial charge in [0.2, 0.25) is 0 Å². The third-order valence-corrected chi connectivity index (χ3v) is 5.01.